The Labute approximate surface area is 234 Å². The summed E-state index contributed by atoms with van der Waals surface area (Å²) in [7, 11) is 0. The Kier molecular flexibility index (Phi) is 9.75. The summed E-state index contributed by atoms with van der Waals surface area (Å²) in [5.41, 5.74) is 0.467. The van der Waals surface area contributed by atoms with Crippen LogP contribution in [0, 0.1) is 0 Å². The first-order valence-electron chi connectivity index (χ1n) is 12.3. The highest BCUT2D eigenvalue weighted by atomic mass is 16.6. The van der Waals surface area contributed by atoms with Crippen LogP contribution in [0.5, 0.6) is 0 Å². The van der Waals surface area contributed by atoms with E-state index in [-0.39, 0.29) is 22.3 Å². The topological polar surface area (TPSA) is 157 Å². The number of aromatic nitrogens is 4. The minimum absolute atomic E-state index is 0.0907. The van der Waals surface area contributed by atoms with Crippen molar-refractivity contribution in [1.29, 1.82) is 0 Å². The fourth-order valence-corrected chi connectivity index (χ4v) is 3.55. The molecule has 0 saturated carbocycles. The van der Waals surface area contributed by atoms with Crippen molar-refractivity contribution < 1.29 is 38.1 Å². The van der Waals surface area contributed by atoms with Crippen LogP contribution in [0.3, 0.4) is 0 Å². The molecule has 208 valence electrons. The van der Waals surface area contributed by atoms with Crippen LogP contribution in [-0.4, -0.2) is 68.7 Å². The smallest absolute Gasteiger partial charge is 0.340 e. The van der Waals surface area contributed by atoms with Crippen molar-refractivity contribution >= 4 is 23.9 Å². The third-order valence-corrected chi connectivity index (χ3v) is 5.59. The van der Waals surface area contributed by atoms with Crippen LogP contribution in [0.1, 0.15) is 48.4 Å². The number of pyridine rings is 4. The molecule has 0 aliphatic rings. The van der Waals surface area contributed by atoms with Gasteiger partial charge < -0.3 is 18.9 Å². The molecule has 3 atom stereocenters. The number of carbonyl (C=O) groups excluding carboxylic acids is 4. The normalized spacial score (nSPS) is 12.7. The number of ether oxygens (including phenoxy) is 4. The van der Waals surface area contributed by atoms with Gasteiger partial charge in [-0.25, -0.2) is 19.2 Å². The number of nitrogens with zero attached hydrogens (tertiary/aromatic N) is 4. The van der Waals surface area contributed by atoms with Crippen molar-refractivity contribution in [1.82, 2.24) is 19.9 Å². The summed E-state index contributed by atoms with van der Waals surface area (Å²) in [4.78, 5) is 67.2. The number of esters is 4. The molecule has 4 heterocycles. The minimum atomic E-state index is -1.43. The third kappa shape index (κ3) is 7.99. The van der Waals surface area contributed by atoms with Crippen LogP contribution in [0.25, 0.3) is 0 Å². The van der Waals surface area contributed by atoms with Gasteiger partial charge in [-0.3, -0.25) is 19.9 Å². The van der Waals surface area contributed by atoms with Gasteiger partial charge in [0.2, 0.25) is 0 Å². The van der Waals surface area contributed by atoms with Gasteiger partial charge in [0, 0.05) is 49.6 Å². The second kappa shape index (κ2) is 14.0. The Hall–Kier alpha value is -5.52. The van der Waals surface area contributed by atoms with E-state index in [9.17, 15) is 19.2 Å². The van der Waals surface area contributed by atoms with E-state index < -0.39 is 48.8 Å². The molecule has 0 aromatic carbocycles. The summed E-state index contributed by atoms with van der Waals surface area (Å²) in [6.45, 7) is 0.892. The van der Waals surface area contributed by atoms with E-state index >= 15 is 0 Å². The SMILES string of the molecule is CC(OC(=O)c1cccnc1)C(OC(=O)c1cccnc1)C(COC(=O)c1cccnc1)OC(=O)c1cccnc1. The van der Waals surface area contributed by atoms with E-state index in [1.807, 2.05) is 0 Å². The maximum absolute atomic E-state index is 13.1. The monoisotopic (exact) mass is 556 g/mol. The molecular weight excluding hydrogens is 532 g/mol. The maximum atomic E-state index is 13.1. The predicted octanol–water partition coefficient (Wildman–Crippen LogP) is 3.12. The van der Waals surface area contributed by atoms with Gasteiger partial charge in [0.1, 0.15) is 12.7 Å². The zero-order valence-corrected chi connectivity index (χ0v) is 21.7. The van der Waals surface area contributed by atoms with Crippen molar-refractivity contribution in [3.63, 3.8) is 0 Å². The predicted molar refractivity (Wildman–Crippen MR) is 141 cm³/mol. The Bertz CT molecular complexity index is 1460. The van der Waals surface area contributed by atoms with Crippen LogP contribution >= 0.6 is 0 Å². The standard InChI is InChI=1S/C29H24N4O8/c1-19(39-27(35)21-7-3-11-31-15-21)25(41-29(37)23-9-5-13-33-17-23)24(40-28(36)22-8-4-12-32-16-22)18-38-26(34)20-6-2-10-30-14-20/h2-17,19,24-25H,18H2,1H3. The second-order valence-electron chi connectivity index (χ2n) is 8.49. The molecule has 0 fully saturated rings. The molecule has 0 bridgehead atoms. The highest BCUT2D eigenvalue weighted by molar-refractivity contribution is 5.91. The molecule has 0 radical (unpaired) electrons. The number of hydrogen-bond donors (Lipinski definition) is 0. The fourth-order valence-electron chi connectivity index (χ4n) is 3.55. The van der Waals surface area contributed by atoms with Crippen LogP contribution in [0.2, 0.25) is 0 Å². The molecule has 12 nitrogen and oxygen atoms in total. The second-order valence-corrected chi connectivity index (χ2v) is 8.49. The molecule has 4 aromatic rings. The summed E-state index contributed by atoms with van der Waals surface area (Å²) in [5.74, 6) is -3.21. The molecule has 0 amide bonds. The first kappa shape index (κ1) is 28.5. The summed E-state index contributed by atoms with van der Waals surface area (Å²) in [6, 6.07) is 12.1. The van der Waals surface area contributed by atoms with Crippen molar-refractivity contribution in [3.8, 4) is 0 Å². The molecule has 4 rings (SSSR count). The lowest BCUT2D eigenvalue weighted by molar-refractivity contribution is -0.0969. The van der Waals surface area contributed by atoms with Crippen molar-refractivity contribution in [2.24, 2.45) is 0 Å². The summed E-state index contributed by atoms with van der Waals surface area (Å²) in [5, 5.41) is 0. The molecule has 3 unspecified atom stereocenters. The van der Waals surface area contributed by atoms with E-state index in [0.29, 0.717) is 0 Å². The zero-order chi connectivity index (χ0) is 29.0. The molecule has 0 spiro atoms. The van der Waals surface area contributed by atoms with E-state index in [1.54, 1.807) is 12.1 Å². The Morgan fingerprint density at radius 3 is 1.39 bits per heavy atom. The summed E-state index contributed by atoms with van der Waals surface area (Å²) >= 11 is 0. The Morgan fingerprint density at radius 2 is 0.976 bits per heavy atom. The van der Waals surface area contributed by atoms with Gasteiger partial charge in [0.15, 0.2) is 12.2 Å². The highest BCUT2D eigenvalue weighted by Gasteiger charge is 2.38. The first-order valence-corrected chi connectivity index (χ1v) is 12.3. The zero-order valence-electron chi connectivity index (χ0n) is 21.7. The van der Waals surface area contributed by atoms with Gasteiger partial charge in [-0.05, 0) is 55.5 Å². The van der Waals surface area contributed by atoms with Gasteiger partial charge in [-0.1, -0.05) is 0 Å². The summed E-state index contributed by atoms with van der Waals surface area (Å²) < 4.78 is 22.3. The Balaban J connectivity index is 1.63. The molecule has 0 aliphatic heterocycles. The quantitative estimate of drug-likeness (QED) is 0.197. The van der Waals surface area contributed by atoms with Crippen LogP contribution < -0.4 is 0 Å². The van der Waals surface area contributed by atoms with Gasteiger partial charge in [-0.2, -0.15) is 0 Å². The molecule has 0 N–H and O–H groups in total. The van der Waals surface area contributed by atoms with Crippen molar-refractivity contribution in [2.75, 3.05) is 6.61 Å². The molecule has 0 aliphatic carbocycles. The van der Waals surface area contributed by atoms with E-state index in [0.717, 1.165) is 0 Å². The van der Waals surface area contributed by atoms with Crippen molar-refractivity contribution in [2.45, 2.75) is 25.2 Å². The number of rotatable bonds is 11. The lowest BCUT2D eigenvalue weighted by atomic mass is 10.1. The third-order valence-electron chi connectivity index (χ3n) is 5.59. The number of hydrogen-bond acceptors (Lipinski definition) is 12. The molecule has 4 aromatic heterocycles. The van der Waals surface area contributed by atoms with Gasteiger partial charge >= 0.3 is 23.9 Å². The van der Waals surface area contributed by atoms with Gasteiger partial charge in [0.05, 0.1) is 22.3 Å². The fraction of sp³-hybridized carbons (Fsp3) is 0.172. The van der Waals surface area contributed by atoms with E-state index in [2.05, 4.69) is 19.9 Å². The largest absolute Gasteiger partial charge is 0.458 e. The maximum Gasteiger partial charge on any atom is 0.340 e. The summed E-state index contributed by atoms with van der Waals surface area (Å²) in [6.07, 6.45) is 7.07. The average Bonchev–Trinajstić information content (AvgIpc) is 3.03. The van der Waals surface area contributed by atoms with Crippen LogP contribution in [0.15, 0.2) is 98.1 Å². The van der Waals surface area contributed by atoms with Crippen molar-refractivity contribution in [3.05, 3.63) is 120 Å². The van der Waals surface area contributed by atoms with Gasteiger partial charge in [0.25, 0.3) is 0 Å². The molecule has 41 heavy (non-hydrogen) atoms. The Morgan fingerprint density at radius 1 is 0.585 bits per heavy atom. The lowest BCUT2D eigenvalue weighted by Gasteiger charge is -2.30. The number of carbonyl (C=O) groups is 4. The molecular formula is C29H24N4O8. The molecule has 12 heteroatoms. The molecule has 0 saturated heterocycles. The lowest BCUT2D eigenvalue weighted by Crippen LogP contribution is -2.47. The van der Waals surface area contributed by atoms with E-state index in [1.165, 1.54) is 92.9 Å². The minimum Gasteiger partial charge on any atom is -0.458 e. The first-order chi connectivity index (χ1) is 19.9. The van der Waals surface area contributed by atoms with Gasteiger partial charge in [-0.15, -0.1) is 0 Å². The van der Waals surface area contributed by atoms with Crippen LogP contribution in [-0.2, 0) is 18.9 Å². The average molecular weight is 557 g/mol. The highest BCUT2D eigenvalue weighted by Crippen LogP contribution is 2.19. The van der Waals surface area contributed by atoms with E-state index in [4.69, 9.17) is 18.9 Å². The van der Waals surface area contributed by atoms with Crippen LogP contribution in [0.4, 0.5) is 0 Å².